The third-order valence-electron chi connectivity index (χ3n) is 6.38. The fourth-order valence-corrected chi connectivity index (χ4v) is 4.64. The van der Waals surface area contributed by atoms with Crippen LogP contribution in [0.3, 0.4) is 0 Å². The van der Waals surface area contributed by atoms with E-state index in [1.165, 1.54) is 16.7 Å². The van der Waals surface area contributed by atoms with Gasteiger partial charge in [-0.2, -0.15) is 0 Å². The number of carboxylic acids is 1. The summed E-state index contributed by atoms with van der Waals surface area (Å²) in [6.07, 6.45) is 1.31. The van der Waals surface area contributed by atoms with E-state index in [9.17, 15) is 9.90 Å². The number of piperidine rings is 1. The van der Waals surface area contributed by atoms with Crippen LogP contribution < -0.4 is 9.47 Å². The minimum atomic E-state index is -0.693. The first kappa shape index (κ1) is 22.9. The van der Waals surface area contributed by atoms with E-state index in [1.54, 1.807) is 7.11 Å². The summed E-state index contributed by atoms with van der Waals surface area (Å²) in [5.74, 6) is 0.477. The predicted octanol–water partition coefficient (Wildman–Crippen LogP) is 5.65. The van der Waals surface area contributed by atoms with E-state index >= 15 is 0 Å². The van der Waals surface area contributed by atoms with E-state index < -0.39 is 5.97 Å². The summed E-state index contributed by atoms with van der Waals surface area (Å²) >= 11 is 0. The van der Waals surface area contributed by atoms with Crippen LogP contribution in [0, 0.1) is 5.92 Å². The van der Waals surface area contributed by atoms with Gasteiger partial charge in [-0.1, -0.05) is 60.7 Å². The smallest absolute Gasteiger partial charge is 0.306 e. The van der Waals surface area contributed by atoms with Crippen molar-refractivity contribution < 1.29 is 19.4 Å². The molecule has 0 aromatic heterocycles. The van der Waals surface area contributed by atoms with Crippen molar-refractivity contribution in [2.75, 3.05) is 26.8 Å². The van der Waals surface area contributed by atoms with Gasteiger partial charge in [-0.15, -0.1) is 0 Å². The molecule has 0 bridgehead atoms. The molecule has 0 radical (unpaired) electrons. The number of hydrogen-bond donors (Lipinski definition) is 1. The van der Waals surface area contributed by atoms with Crippen LogP contribution in [-0.2, 0) is 4.79 Å². The Hall–Kier alpha value is -3.31. The van der Waals surface area contributed by atoms with E-state index in [-0.39, 0.29) is 12.0 Å². The molecule has 1 N–H and O–H groups in total. The van der Waals surface area contributed by atoms with Crippen LogP contribution in [0.15, 0.2) is 72.8 Å². The SMILES string of the molecule is CCOc1ccc(C(c2ccc(-c3ccccc3)cc2)N2CCC(C(=O)O)CC2)cc1OC. The minimum absolute atomic E-state index is 0.00847. The van der Waals surface area contributed by atoms with Crippen molar-refractivity contribution in [1.29, 1.82) is 0 Å². The third-order valence-corrected chi connectivity index (χ3v) is 6.38. The number of carboxylic acid groups (broad SMARTS) is 1. The van der Waals surface area contributed by atoms with E-state index in [0.29, 0.717) is 25.2 Å². The lowest BCUT2D eigenvalue weighted by molar-refractivity contribution is -0.143. The summed E-state index contributed by atoms with van der Waals surface area (Å²) in [5, 5.41) is 9.44. The monoisotopic (exact) mass is 445 g/mol. The van der Waals surface area contributed by atoms with Gasteiger partial charge < -0.3 is 14.6 Å². The number of nitrogens with zero attached hydrogens (tertiary/aromatic N) is 1. The third kappa shape index (κ3) is 5.20. The molecule has 1 unspecified atom stereocenters. The molecule has 1 heterocycles. The van der Waals surface area contributed by atoms with E-state index in [2.05, 4.69) is 47.4 Å². The fraction of sp³-hybridized carbons (Fsp3) is 0.321. The van der Waals surface area contributed by atoms with Crippen LogP contribution in [-0.4, -0.2) is 42.8 Å². The van der Waals surface area contributed by atoms with Crippen molar-refractivity contribution >= 4 is 5.97 Å². The van der Waals surface area contributed by atoms with Gasteiger partial charge in [-0.25, -0.2) is 0 Å². The molecule has 3 aromatic carbocycles. The van der Waals surface area contributed by atoms with Crippen LogP contribution in [0.5, 0.6) is 11.5 Å². The largest absolute Gasteiger partial charge is 0.493 e. The Labute approximate surface area is 195 Å². The Kier molecular flexibility index (Phi) is 7.30. The van der Waals surface area contributed by atoms with Crippen LogP contribution in [0.2, 0.25) is 0 Å². The van der Waals surface area contributed by atoms with Crippen LogP contribution in [0.4, 0.5) is 0 Å². The highest BCUT2D eigenvalue weighted by molar-refractivity contribution is 5.70. The standard InChI is InChI=1S/C28H31NO4/c1-3-33-25-14-13-24(19-26(25)32-2)27(29-17-15-23(16-18-29)28(30)31)22-11-9-21(10-12-22)20-7-5-4-6-8-20/h4-14,19,23,27H,3,15-18H2,1-2H3,(H,30,31). The Balaban J connectivity index is 1.68. The Morgan fingerprint density at radius 3 is 2.18 bits per heavy atom. The van der Waals surface area contributed by atoms with Gasteiger partial charge in [0.25, 0.3) is 0 Å². The first-order valence-corrected chi connectivity index (χ1v) is 11.5. The zero-order chi connectivity index (χ0) is 23.2. The molecule has 0 aliphatic carbocycles. The van der Waals surface area contributed by atoms with Crippen molar-refractivity contribution in [3.05, 3.63) is 83.9 Å². The Bertz CT molecular complexity index is 1060. The summed E-state index contributed by atoms with van der Waals surface area (Å²) in [4.78, 5) is 13.9. The number of methoxy groups -OCH3 is 1. The number of aliphatic carboxylic acids is 1. The molecule has 0 amide bonds. The molecule has 5 heteroatoms. The second kappa shape index (κ2) is 10.5. The lowest BCUT2D eigenvalue weighted by atomic mass is 9.90. The maximum absolute atomic E-state index is 11.5. The van der Waals surface area contributed by atoms with E-state index in [1.807, 2.05) is 37.3 Å². The Morgan fingerprint density at radius 1 is 0.939 bits per heavy atom. The lowest BCUT2D eigenvalue weighted by Gasteiger charge is -2.37. The molecule has 1 aliphatic rings. The molecule has 172 valence electrons. The molecule has 33 heavy (non-hydrogen) atoms. The summed E-state index contributed by atoms with van der Waals surface area (Å²) in [6, 6.07) is 25.1. The molecule has 4 rings (SSSR count). The fourth-order valence-electron chi connectivity index (χ4n) is 4.64. The molecule has 1 atom stereocenters. The molecule has 3 aromatic rings. The molecule has 1 fully saturated rings. The van der Waals surface area contributed by atoms with Gasteiger partial charge in [0.05, 0.1) is 25.7 Å². The molecule has 1 saturated heterocycles. The van der Waals surface area contributed by atoms with Gasteiger partial charge in [-0.05, 0) is 67.2 Å². The van der Waals surface area contributed by atoms with Gasteiger partial charge in [-0.3, -0.25) is 9.69 Å². The summed E-state index contributed by atoms with van der Waals surface area (Å²) in [7, 11) is 1.66. The quantitative estimate of drug-likeness (QED) is 0.486. The van der Waals surface area contributed by atoms with Crippen molar-refractivity contribution in [2.45, 2.75) is 25.8 Å². The van der Waals surface area contributed by atoms with E-state index in [0.717, 1.165) is 24.4 Å². The van der Waals surface area contributed by atoms with Gasteiger partial charge in [0, 0.05) is 0 Å². The first-order chi connectivity index (χ1) is 16.1. The molecule has 0 spiro atoms. The molecular weight excluding hydrogens is 414 g/mol. The van der Waals surface area contributed by atoms with Crippen LogP contribution >= 0.6 is 0 Å². The van der Waals surface area contributed by atoms with Gasteiger partial charge in [0.1, 0.15) is 0 Å². The number of likely N-dealkylation sites (tertiary alicyclic amines) is 1. The highest BCUT2D eigenvalue weighted by Crippen LogP contribution is 2.37. The maximum Gasteiger partial charge on any atom is 0.306 e. The highest BCUT2D eigenvalue weighted by Gasteiger charge is 2.30. The number of benzene rings is 3. The van der Waals surface area contributed by atoms with Crippen molar-refractivity contribution in [1.82, 2.24) is 4.90 Å². The zero-order valence-corrected chi connectivity index (χ0v) is 19.2. The maximum atomic E-state index is 11.5. The number of carbonyl (C=O) groups is 1. The van der Waals surface area contributed by atoms with Crippen molar-refractivity contribution in [2.24, 2.45) is 5.92 Å². The van der Waals surface area contributed by atoms with Gasteiger partial charge in [0.15, 0.2) is 11.5 Å². The Morgan fingerprint density at radius 2 is 1.58 bits per heavy atom. The van der Waals surface area contributed by atoms with Crippen LogP contribution in [0.25, 0.3) is 11.1 Å². The summed E-state index contributed by atoms with van der Waals surface area (Å²) in [5.41, 5.74) is 4.64. The topological polar surface area (TPSA) is 59.0 Å². The molecular formula is C28H31NO4. The zero-order valence-electron chi connectivity index (χ0n) is 19.2. The summed E-state index contributed by atoms with van der Waals surface area (Å²) in [6.45, 7) is 4.00. The lowest BCUT2D eigenvalue weighted by Crippen LogP contribution is -2.39. The molecule has 5 nitrogen and oxygen atoms in total. The average molecular weight is 446 g/mol. The second-order valence-electron chi connectivity index (χ2n) is 8.38. The molecule has 0 saturated carbocycles. The second-order valence-corrected chi connectivity index (χ2v) is 8.38. The van der Waals surface area contributed by atoms with Gasteiger partial charge in [0.2, 0.25) is 0 Å². The predicted molar refractivity (Wildman–Crippen MR) is 130 cm³/mol. The normalized spacial score (nSPS) is 15.7. The minimum Gasteiger partial charge on any atom is -0.493 e. The van der Waals surface area contributed by atoms with Crippen LogP contribution in [0.1, 0.15) is 36.9 Å². The number of ether oxygens (including phenoxy) is 2. The number of hydrogen-bond acceptors (Lipinski definition) is 4. The summed E-state index contributed by atoms with van der Waals surface area (Å²) < 4.78 is 11.3. The van der Waals surface area contributed by atoms with Crippen molar-refractivity contribution in [3.63, 3.8) is 0 Å². The highest BCUT2D eigenvalue weighted by atomic mass is 16.5. The van der Waals surface area contributed by atoms with Gasteiger partial charge >= 0.3 is 5.97 Å². The van der Waals surface area contributed by atoms with E-state index in [4.69, 9.17) is 9.47 Å². The first-order valence-electron chi connectivity index (χ1n) is 11.5. The number of rotatable bonds is 8. The average Bonchev–Trinajstić information content (AvgIpc) is 2.86. The van der Waals surface area contributed by atoms with Crippen molar-refractivity contribution in [3.8, 4) is 22.6 Å². The molecule has 1 aliphatic heterocycles.